The first-order valence-corrected chi connectivity index (χ1v) is 9.23. The van der Waals surface area contributed by atoms with Gasteiger partial charge in [-0.3, -0.25) is 0 Å². The average Bonchev–Trinajstić information content (AvgIpc) is 3.12. The highest BCUT2D eigenvalue weighted by molar-refractivity contribution is 6.06. The molecular formula is C25H19NO2. The van der Waals surface area contributed by atoms with Gasteiger partial charge in [-0.2, -0.15) is 0 Å². The second-order valence-electron chi connectivity index (χ2n) is 6.74. The van der Waals surface area contributed by atoms with Crippen LogP contribution in [0.1, 0.15) is 0 Å². The summed E-state index contributed by atoms with van der Waals surface area (Å²) in [4.78, 5) is 0. The highest BCUT2D eigenvalue weighted by Gasteiger charge is 2.08. The van der Waals surface area contributed by atoms with E-state index >= 15 is 0 Å². The van der Waals surface area contributed by atoms with Gasteiger partial charge in [0.05, 0.1) is 7.11 Å². The summed E-state index contributed by atoms with van der Waals surface area (Å²) in [7, 11) is 1.67. The van der Waals surface area contributed by atoms with Crippen molar-refractivity contribution in [3.63, 3.8) is 0 Å². The van der Waals surface area contributed by atoms with Gasteiger partial charge in [0, 0.05) is 28.2 Å². The van der Waals surface area contributed by atoms with E-state index < -0.39 is 0 Å². The summed E-state index contributed by atoms with van der Waals surface area (Å²) in [6.07, 6.45) is 0. The molecule has 0 fully saturated rings. The van der Waals surface area contributed by atoms with E-state index in [2.05, 4.69) is 47.8 Å². The number of rotatable bonds is 4. The monoisotopic (exact) mass is 365 g/mol. The molecular weight excluding hydrogens is 346 g/mol. The number of fused-ring (bicyclic) bond motifs is 3. The number of methoxy groups -OCH3 is 1. The summed E-state index contributed by atoms with van der Waals surface area (Å²) in [5.74, 6) is 0.835. The van der Waals surface area contributed by atoms with Gasteiger partial charge < -0.3 is 14.5 Å². The summed E-state index contributed by atoms with van der Waals surface area (Å²) in [5.41, 5.74) is 6.22. The lowest BCUT2D eigenvalue weighted by molar-refractivity contribution is 0.415. The summed E-state index contributed by atoms with van der Waals surface area (Å²) < 4.78 is 11.2. The van der Waals surface area contributed by atoms with Crippen molar-refractivity contribution >= 4 is 33.3 Å². The fourth-order valence-electron chi connectivity index (χ4n) is 3.52. The molecule has 136 valence electrons. The van der Waals surface area contributed by atoms with E-state index in [0.717, 1.165) is 39.1 Å². The third-order valence-electron chi connectivity index (χ3n) is 4.95. The summed E-state index contributed by atoms with van der Waals surface area (Å²) in [6, 6.07) is 30.9. The largest absolute Gasteiger partial charge is 0.497 e. The van der Waals surface area contributed by atoms with E-state index in [0.29, 0.717) is 0 Å². The van der Waals surface area contributed by atoms with Gasteiger partial charge in [0.2, 0.25) is 0 Å². The van der Waals surface area contributed by atoms with Crippen LogP contribution in [0.2, 0.25) is 0 Å². The van der Waals surface area contributed by atoms with Gasteiger partial charge >= 0.3 is 0 Å². The van der Waals surface area contributed by atoms with Crippen LogP contribution in [0.5, 0.6) is 5.75 Å². The number of hydrogen-bond acceptors (Lipinski definition) is 3. The number of nitrogens with one attached hydrogen (secondary N) is 1. The van der Waals surface area contributed by atoms with Crippen molar-refractivity contribution in [2.24, 2.45) is 0 Å². The smallest absolute Gasteiger partial charge is 0.135 e. The minimum absolute atomic E-state index is 0.835. The Balaban J connectivity index is 1.45. The van der Waals surface area contributed by atoms with Crippen LogP contribution < -0.4 is 10.1 Å². The maximum absolute atomic E-state index is 5.93. The van der Waals surface area contributed by atoms with Crippen molar-refractivity contribution in [2.45, 2.75) is 0 Å². The molecule has 0 aliphatic rings. The maximum atomic E-state index is 5.93. The molecule has 1 N–H and O–H groups in total. The molecule has 0 amide bonds. The van der Waals surface area contributed by atoms with Gasteiger partial charge in [-0.1, -0.05) is 42.5 Å². The second kappa shape index (κ2) is 6.78. The van der Waals surface area contributed by atoms with E-state index in [4.69, 9.17) is 9.15 Å². The molecule has 0 radical (unpaired) electrons. The molecule has 0 aliphatic heterocycles. The Bertz CT molecular complexity index is 1270. The molecule has 3 heteroatoms. The molecule has 28 heavy (non-hydrogen) atoms. The van der Waals surface area contributed by atoms with Crippen LogP contribution in [0, 0.1) is 0 Å². The van der Waals surface area contributed by atoms with Gasteiger partial charge in [-0.25, -0.2) is 0 Å². The van der Waals surface area contributed by atoms with E-state index in [1.165, 1.54) is 11.1 Å². The summed E-state index contributed by atoms with van der Waals surface area (Å²) in [5, 5.41) is 5.71. The molecule has 0 saturated carbocycles. The standard InChI is InChI=1S/C25H19NO2/c1-27-21-6-4-5-20(16-21)26-19-12-9-17(10-13-19)18-11-14-25-23(15-18)22-7-2-3-8-24(22)28-25/h2-16,26H,1H3. The van der Waals surface area contributed by atoms with Crippen molar-refractivity contribution in [1.82, 2.24) is 0 Å². The normalized spacial score (nSPS) is 11.0. The molecule has 0 aliphatic carbocycles. The van der Waals surface area contributed by atoms with Crippen molar-refractivity contribution in [3.8, 4) is 16.9 Å². The molecule has 0 bridgehead atoms. The van der Waals surface area contributed by atoms with Crippen LogP contribution >= 0.6 is 0 Å². The molecule has 0 saturated heterocycles. The lowest BCUT2D eigenvalue weighted by Gasteiger charge is -2.09. The van der Waals surface area contributed by atoms with Crippen LogP contribution in [-0.4, -0.2) is 7.11 Å². The number of para-hydroxylation sites is 1. The highest BCUT2D eigenvalue weighted by Crippen LogP contribution is 2.32. The Morgan fingerprint density at radius 2 is 1.43 bits per heavy atom. The van der Waals surface area contributed by atoms with Crippen LogP contribution in [0.15, 0.2) is 95.4 Å². The van der Waals surface area contributed by atoms with Crippen LogP contribution in [-0.2, 0) is 0 Å². The zero-order valence-corrected chi connectivity index (χ0v) is 15.5. The Hall–Kier alpha value is -3.72. The average molecular weight is 365 g/mol. The van der Waals surface area contributed by atoms with Gasteiger partial charge in [0.25, 0.3) is 0 Å². The summed E-state index contributed by atoms with van der Waals surface area (Å²) in [6.45, 7) is 0. The van der Waals surface area contributed by atoms with Gasteiger partial charge in [0.15, 0.2) is 0 Å². The predicted octanol–water partition coefficient (Wildman–Crippen LogP) is 7.01. The number of furan rings is 1. The number of hydrogen-bond donors (Lipinski definition) is 1. The molecule has 5 aromatic rings. The molecule has 5 rings (SSSR count). The van der Waals surface area contributed by atoms with E-state index in [1.54, 1.807) is 7.11 Å². The molecule has 0 unspecified atom stereocenters. The lowest BCUT2D eigenvalue weighted by atomic mass is 10.0. The first-order valence-electron chi connectivity index (χ1n) is 9.23. The Morgan fingerprint density at radius 1 is 0.643 bits per heavy atom. The second-order valence-corrected chi connectivity index (χ2v) is 6.74. The van der Waals surface area contributed by atoms with Gasteiger partial charge in [0.1, 0.15) is 16.9 Å². The predicted molar refractivity (Wildman–Crippen MR) is 115 cm³/mol. The zero-order valence-electron chi connectivity index (χ0n) is 15.5. The van der Waals surface area contributed by atoms with Gasteiger partial charge in [-0.15, -0.1) is 0 Å². The molecule has 3 nitrogen and oxygen atoms in total. The molecule has 0 spiro atoms. The first kappa shape index (κ1) is 16.5. The minimum Gasteiger partial charge on any atom is -0.497 e. The van der Waals surface area contributed by atoms with Crippen LogP contribution in [0.25, 0.3) is 33.1 Å². The SMILES string of the molecule is COc1cccc(Nc2ccc(-c3ccc4oc5ccccc5c4c3)cc2)c1. The van der Waals surface area contributed by atoms with Crippen LogP contribution in [0.4, 0.5) is 11.4 Å². The van der Waals surface area contributed by atoms with Crippen molar-refractivity contribution in [1.29, 1.82) is 0 Å². The number of ether oxygens (including phenoxy) is 1. The van der Waals surface area contributed by atoms with E-state index in [-0.39, 0.29) is 0 Å². The Labute approximate surface area is 163 Å². The third kappa shape index (κ3) is 2.97. The molecule has 0 atom stereocenters. The summed E-state index contributed by atoms with van der Waals surface area (Å²) >= 11 is 0. The Morgan fingerprint density at radius 3 is 2.29 bits per heavy atom. The fourth-order valence-corrected chi connectivity index (χ4v) is 3.52. The van der Waals surface area contributed by atoms with Gasteiger partial charge in [-0.05, 0) is 53.6 Å². The van der Waals surface area contributed by atoms with Crippen molar-refractivity contribution in [2.75, 3.05) is 12.4 Å². The zero-order chi connectivity index (χ0) is 18.9. The topological polar surface area (TPSA) is 34.4 Å². The maximum Gasteiger partial charge on any atom is 0.135 e. The highest BCUT2D eigenvalue weighted by atomic mass is 16.5. The third-order valence-corrected chi connectivity index (χ3v) is 4.95. The fraction of sp³-hybridized carbons (Fsp3) is 0.0400. The quantitative estimate of drug-likeness (QED) is 0.372. The Kier molecular flexibility index (Phi) is 3.99. The number of benzene rings is 4. The number of anilines is 2. The molecule has 4 aromatic carbocycles. The van der Waals surface area contributed by atoms with E-state index in [9.17, 15) is 0 Å². The van der Waals surface area contributed by atoms with E-state index in [1.807, 2.05) is 48.5 Å². The first-order chi connectivity index (χ1) is 13.8. The van der Waals surface area contributed by atoms with Crippen molar-refractivity contribution in [3.05, 3.63) is 91.0 Å². The molecule has 1 heterocycles. The van der Waals surface area contributed by atoms with Crippen LogP contribution in [0.3, 0.4) is 0 Å². The van der Waals surface area contributed by atoms with Crippen molar-refractivity contribution < 1.29 is 9.15 Å². The minimum atomic E-state index is 0.835. The molecule has 1 aromatic heterocycles. The lowest BCUT2D eigenvalue weighted by Crippen LogP contribution is -1.91.